The number of hydrogen-bond donors (Lipinski definition) is 0. The first-order valence-corrected chi connectivity index (χ1v) is 15.9. The molecule has 0 bridgehead atoms. The van der Waals surface area contributed by atoms with Crippen molar-refractivity contribution in [3.63, 3.8) is 0 Å². The number of hydrogen-bond acceptors (Lipinski definition) is 0. The van der Waals surface area contributed by atoms with Crippen molar-refractivity contribution in [2.24, 2.45) is 10.8 Å². The molecule has 47 heavy (non-hydrogen) atoms. The van der Waals surface area contributed by atoms with Crippen molar-refractivity contribution in [2.75, 3.05) is 0 Å². The zero-order valence-corrected chi connectivity index (χ0v) is 31.5. The van der Waals surface area contributed by atoms with E-state index in [-0.39, 0.29) is 17.1 Å². The Balaban J connectivity index is -0.00000261. The molecule has 0 aliphatic heterocycles. The molecular formula is C43H56FeO3. The predicted molar refractivity (Wildman–Crippen MR) is 193 cm³/mol. The van der Waals surface area contributed by atoms with E-state index >= 15 is 0 Å². The van der Waals surface area contributed by atoms with Crippen molar-refractivity contribution >= 4 is 0 Å². The average Bonchev–Trinajstić information content (AvgIpc) is 3.01. The molecule has 0 heterocycles. The van der Waals surface area contributed by atoms with Crippen LogP contribution in [-0.4, -0.2) is 0 Å². The molecule has 0 aromatic rings. The summed E-state index contributed by atoms with van der Waals surface area (Å²) in [4.78, 5) is 0. The smallest absolute Gasteiger partial charge is 0 e. The van der Waals surface area contributed by atoms with Gasteiger partial charge >= 0.3 is 33.9 Å². The normalized spacial score (nSPS) is 18.8. The minimum Gasteiger partial charge on any atom is 0 e. The Kier molecular flexibility index (Phi) is 27.6. The molecule has 3 nitrogen and oxygen atoms in total. The Morgan fingerprint density at radius 3 is 1.09 bits per heavy atom. The summed E-state index contributed by atoms with van der Waals surface area (Å²) < 4.78 is 22.5. The second kappa shape index (κ2) is 26.9. The zero-order chi connectivity index (χ0) is 35.8. The SMILES string of the molecule is CC1=C(\C=C/C(C)=C/C=C/C(C)=C/C=C/C=C(C)/C=C/C=C(C)/C=C/C2=C(C)CCCC2(C)C)C(C)(C)CCC1.[C-]#[O+].[C-]#[O+].[C-]#[O+].[Fe]. The minimum atomic E-state index is 0. The Morgan fingerprint density at radius 2 is 0.787 bits per heavy atom. The van der Waals surface area contributed by atoms with Gasteiger partial charge in [-0.1, -0.05) is 146 Å². The topological polar surface area (TPSA) is 59.7 Å². The van der Waals surface area contributed by atoms with Gasteiger partial charge in [0.2, 0.25) is 0 Å². The molecule has 2 aliphatic rings. The quantitative estimate of drug-likeness (QED) is 0.0957. The van der Waals surface area contributed by atoms with Gasteiger partial charge in [-0.3, -0.25) is 0 Å². The van der Waals surface area contributed by atoms with Crippen LogP contribution in [-0.2, 0) is 31.0 Å². The van der Waals surface area contributed by atoms with Crippen molar-refractivity contribution in [2.45, 2.75) is 108 Å². The summed E-state index contributed by atoms with van der Waals surface area (Å²) in [6.45, 7) is 36.2. The van der Waals surface area contributed by atoms with Crippen LogP contribution in [0.5, 0.6) is 0 Å². The Hall–Kier alpha value is -3.12. The third kappa shape index (κ3) is 20.0. The summed E-state index contributed by atoms with van der Waals surface area (Å²) in [5.74, 6) is 0. The van der Waals surface area contributed by atoms with E-state index in [1.54, 1.807) is 11.1 Å². The third-order valence-electron chi connectivity index (χ3n) is 8.38. The molecule has 0 spiro atoms. The monoisotopic (exact) mass is 676 g/mol. The molecule has 0 aromatic heterocycles. The van der Waals surface area contributed by atoms with Gasteiger partial charge in [-0.05, 0) is 102 Å². The van der Waals surface area contributed by atoms with Gasteiger partial charge in [-0.15, -0.1) is 0 Å². The van der Waals surface area contributed by atoms with E-state index in [0.717, 1.165) is 0 Å². The summed E-state index contributed by atoms with van der Waals surface area (Å²) in [6, 6.07) is 0. The van der Waals surface area contributed by atoms with E-state index in [2.05, 4.69) is 174 Å². The summed E-state index contributed by atoms with van der Waals surface area (Å²) in [5.41, 5.74) is 11.7. The van der Waals surface area contributed by atoms with E-state index in [1.807, 2.05) is 0 Å². The van der Waals surface area contributed by atoms with Crippen LogP contribution in [0.15, 0.2) is 130 Å². The molecule has 0 saturated carbocycles. The number of allylic oxidation sites excluding steroid dienone is 22. The maximum absolute atomic E-state index is 7.50. The van der Waals surface area contributed by atoms with Crippen molar-refractivity contribution in [3.05, 3.63) is 150 Å². The van der Waals surface area contributed by atoms with E-state index in [4.69, 9.17) is 14.0 Å². The molecular weight excluding hydrogens is 620 g/mol. The van der Waals surface area contributed by atoms with Crippen LogP contribution < -0.4 is 0 Å². The fourth-order valence-electron chi connectivity index (χ4n) is 5.79. The van der Waals surface area contributed by atoms with Crippen molar-refractivity contribution in [3.8, 4) is 0 Å². The Labute approximate surface area is 298 Å². The first-order valence-electron chi connectivity index (χ1n) is 15.9. The molecule has 0 aromatic carbocycles. The molecule has 0 N–H and O–H groups in total. The van der Waals surface area contributed by atoms with Crippen LogP contribution in [0.3, 0.4) is 0 Å². The average molecular weight is 677 g/mol. The van der Waals surface area contributed by atoms with Gasteiger partial charge in [-0.2, -0.15) is 0 Å². The summed E-state index contributed by atoms with van der Waals surface area (Å²) in [5, 5.41) is 0. The fourth-order valence-corrected chi connectivity index (χ4v) is 5.79. The van der Waals surface area contributed by atoms with E-state index in [0.29, 0.717) is 10.8 Å². The van der Waals surface area contributed by atoms with Crippen LogP contribution in [0.4, 0.5) is 0 Å². The molecule has 0 atom stereocenters. The van der Waals surface area contributed by atoms with Crippen LogP contribution in [0.25, 0.3) is 0 Å². The van der Waals surface area contributed by atoms with Gasteiger partial charge in [0.15, 0.2) is 0 Å². The minimum absolute atomic E-state index is 0. The summed E-state index contributed by atoms with van der Waals surface area (Å²) in [6.07, 6.45) is 38.4. The fraction of sp³-hybridized carbons (Fsp3) is 0.419. The van der Waals surface area contributed by atoms with Crippen molar-refractivity contribution in [1.82, 2.24) is 0 Å². The first kappa shape index (κ1) is 48.3. The van der Waals surface area contributed by atoms with Crippen LogP contribution in [0.1, 0.15) is 108 Å². The molecule has 0 radical (unpaired) electrons. The first-order chi connectivity index (χ1) is 21.8. The predicted octanol–water partition coefficient (Wildman–Crippen LogP) is 12.5. The van der Waals surface area contributed by atoms with Gasteiger partial charge < -0.3 is 0 Å². The van der Waals surface area contributed by atoms with E-state index < -0.39 is 0 Å². The van der Waals surface area contributed by atoms with Crippen LogP contribution in [0, 0.1) is 30.8 Å². The Morgan fingerprint density at radius 1 is 0.511 bits per heavy atom. The van der Waals surface area contributed by atoms with Gasteiger partial charge in [0, 0.05) is 17.1 Å². The van der Waals surface area contributed by atoms with Crippen LogP contribution in [0.2, 0.25) is 0 Å². The standard InChI is InChI=1S/C40H56.3CO.Fe/c1-31(19-13-21-33(3)25-27-37-35(5)23-15-29-39(37,7)8)17-11-12-18-32(2)20-14-22-34(4)26-28-38-36(6)24-16-30-40(38,9)10;3*1-2;/h11-14,17-22,25-28H,15-16,23-24,29-30H2,1-10H3;;;;/b12-11+,19-13+,20-14+,27-25-,28-26+,31-17+,32-18+,33-21+,34-22+;;;;. The zero-order valence-electron chi connectivity index (χ0n) is 30.4. The largest absolute Gasteiger partial charge is 0 e. The second-order valence-corrected chi connectivity index (χ2v) is 13.3. The third-order valence-corrected chi connectivity index (χ3v) is 8.38. The molecule has 0 amide bonds. The molecule has 0 fully saturated rings. The van der Waals surface area contributed by atoms with Crippen molar-refractivity contribution < 1.29 is 31.0 Å². The van der Waals surface area contributed by atoms with Crippen molar-refractivity contribution in [1.29, 1.82) is 0 Å². The van der Waals surface area contributed by atoms with Gasteiger partial charge in [-0.25, -0.2) is 0 Å². The molecule has 0 unspecified atom stereocenters. The maximum atomic E-state index is 7.50. The van der Waals surface area contributed by atoms with E-state index in [1.165, 1.54) is 72.0 Å². The van der Waals surface area contributed by atoms with Gasteiger partial charge in [0.25, 0.3) is 0 Å². The molecule has 2 aliphatic carbocycles. The van der Waals surface area contributed by atoms with Crippen LogP contribution >= 0.6 is 0 Å². The van der Waals surface area contributed by atoms with E-state index in [9.17, 15) is 0 Å². The second-order valence-electron chi connectivity index (χ2n) is 13.3. The Bertz CT molecular complexity index is 1260. The molecule has 4 heteroatoms. The maximum Gasteiger partial charge on any atom is 0 e. The number of rotatable bonds is 10. The molecule has 0 saturated heterocycles. The van der Waals surface area contributed by atoms with Gasteiger partial charge in [0.05, 0.1) is 0 Å². The molecule has 2 rings (SSSR count). The summed E-state index contributed by atoms with van der Waals surface area (Å²) >= 11 is 0. The summed E-state index contributed by atoms with van der Waals surface area (Å²) in [7, 11) is 0. The van der Waals surface area contributed by atoms with Gasteiger partial charge in [0.1, 0.15) is 0 Å². The molecule has 254 valence electrons.